The number of aryl methyl sites for hydroxylation is 1. The lowest BCUT2D eigenvalue weighted by Crippen LogP contribution is -1.80. The maximum absolute atomic E-state index is 3.10. The molecule has 0 radical (unpaired) electrons. The molecule has 0 aliphatic rings. The van der Waals surface area contributed by atoms with Crippen LogP contribution in [-0.4, -0.2) is 0 Å². The van der Waals surface area contributed by atoms with Gasteiger partial charge in [0.2, 0.25) is 0 Å². The van der Waals surface area contributed by atoms with E-state index >= 15 is 0 Å². The van der Waals surface area contributed by atoms with Gasteiger partial charge in [-0.15, -0.1) is 5.73 Å². The van der Waals surface area contributed by atoms with Crippen LogP contribution in [0, 0.1) is 6.92 Å². The molecule has 0 amide bonds. The zero-order chi connectivity index (χ0) is 12.9. The lowest BCUT2D eigenvalue weighted by molar-refractivity contribution is 1.23. The van der Waals surface area contributed by atoms with Gasteiger partial charge in [0.1, 0.15) is 0 Å². The molecule has 0 nitrogen and oxygen atoms in total. The number of hydrogen-bond acceptors (Lipinski definition) is 0. The van der Waals surface area contributed by atoms with E-state index < -0.39 is 0 Å². The summed E-state index contributed by atoms with van der Waals surface area (Å²) in [6, 6.07) is 8.60. The average molecular weight is 228 g/mol. The van der Waals surface area contributed by atoms with Crippen LogP contribution < -0.4 is 0 Å². The van der Waals surface area contributed by atoms with Crippen LogP contribution in [0.5, 0.6) is 0 Å². The Morgan fingerprint density at radius 3 is 2.65 bits per heavy atom. The molecule has 0 saturated carbocycles. The fraction of sp³-hybridized carbons (Fsp3) is 0.353. The molecule has 0 atom stereocenters. The summed E-state index contributed by atoms with van der Waals surface area (Å²) in [6.45, 7) is 8.23. The molecule has 0 aliphatic heterocycles. The Hall–Kier alpha value is -1.52. The molecular formula is C17H24. The van der Waals surface area contributed by atoms with Crippen LogP contribution in [-0.2, 0) is 6.42 Å². The minimum Gasteiger partial charge on any atom is -0.125 e. The summed E-state index contributed by atoms with van der Waals surface area (Å²) in [6.07, 6.45) is 10.2. The highest BCUT2D eigenvalue weighted by molar-refractivity contribution is 5.24. The van der Waals surface area contributed by atoms with Crippen molar-refractivity contribution in [2.24, 2.45) is 0 Å². The Balaban J connectivity index is 0.00000121. The van der Waals surface area contributed by atoms with Crippen molar-refractivity contribution in [2.45, 2.75) is 40.5 Å². The number of benzene rings is 1. The molecule has 0 heteroatoms. The Morgan fingerprint density at radius 2 is 2.00 bits per heavy atom. The van der Waals surface area contributed by atoms with Gasteiger partial charge in [0.15, 0.2) is 0 Å². The van der Waals surface area contributed by atoms with Crippen molar-refractivity contribution in [3.8, 4) is 0 Å². The topological polar surface area (TPSA) is 0 Å². The third kappa shape index (κ3) is 8.30. The first-order valence-electron chi connectivity index (χ1n) is 6.44. The molecule has 0 fully saturated rings. The van der Waals surface area contributed by atoms with E-state index in [0.717, 1.165) is 12.8 Å². The van der Waals surface area contributed by atoms with Crippen molar-refractivity contribution in [2.75, 3.05) is 0 Å². The van der Waals surface area contributed by atoms with Crippen molar-refractivity contribution < 1.29 is 0 Å². The largest absolute Gasteiger partial charge is 0.125 e. The lowest BCUT2D eigenvalue weighted by Gasteiger charge is -1.96. The highest BCUT2D eigenvalue weighted by Crippen LogP contribution is 2.04. The maximum atomic E-state index is 3.10. The molecule has 0 N–H and O–H groups in total. The highest BCUT2D eigenvalue weighted by atomic mass is 13.9. The molecule has 92 valence electrons. The smallest absolute Gasteiger partial charge is 0.00940 e. The number of allylic oxidation sites excluding steroid dienone is 3. The second-order valence-electron chi connectivity index (χ2n) is 3.57. The Bertz CT molecular complexity index is 377. The average Bonchev–Trinajstić information content (AvgIpc) is 2.36. The molecule has 0 spiro atoms. The van der Waals surface area contributed by atoms with Gasteiger partial charge in [0, 0.05) is 0 Å². The van der Waals surface area contributed by atoms with Crippen molar-refractivity contribution >= 4 is 0 Å². The van der Waals surface area contributed by atoms with Crippen LogP contribution in [0.25, 0.3) is 0 Å². The quantitative estimate of drug-likeness (QED) is 0.488. The van der Waals surface area contributed by atoms with Crippen LogP contribution in [0.4, 0.5) is 0 Å². The van der Waals surface area contributed by atoms with Gasteiger partial charge in [0.25, 0.3) is 0 Å². The summed E-state index contributed by atoms with van der Waals surface area (Å²) in [4.78, 5) is 0. The standard InChI is InChI=1S/C15H18.C2H6/c1-3-4-5-6-7-8-11-15-12-9-10-14(2)13-15;1-2/h4,6-10,12-13H,3,11H2,1-2H3;1-2H3/b8-7-;. The summed E-state index contributed by atoms with van der Waals surface area (Å²) in [7, 11) is 0. The van der Waals surface area contributed by atoms with E-state index in [1.165, 1.54) is 11.1 Å². The van der Waals surface area contributed by atoms with Crippen LogP contribution in [0.15, 0.2) is 54.3 Å². The van der Waals surface area contributed by atoms with E-state index in [1.54, 1.807) is 0 Å². The van der Waals surface area contributed by atoms with Crippen molar-refractivity contribution in [3.63, 3.8) is 0 Å². The third-order valence-corrected chi connectivity index (χ3v) is 2.09. The zero-order valence-electron chi connectivity index (χ0n) is 11.5. The first-order valence-corrected chi connectivity index (χ1v) is 6.44. The predicted molar refractivity (Wildman–Crippen MR) is 78.3 cm³/mol. The molecule has 0 heterocycles. The van der Waals surface area contributed by atoms with E-state index in [2.05, 4.69) is 56.0 Å². The second kappa shape index (κ2) is 11.0. The van der Waals surface area contributed by atoms with E-state index in [4.69, 9.17) is 0 Å². The van der Waals surface area contributed by atoms with Crippen LogP contribution in [0.3, 0.4) is 0 Å². The SMILES string of the molecule is CC.CCC=C=C/C=C\Cc1cccc(C)c1. The van der Waals surface area contributed by atoms with E-state index in [0.29, 0.717) is 0 Å². The molecule has 0 aliphatic carbocycles. The fourth-order valence-corrected chi connectivity index (χ4v) is 1.35. The van der Waals surface area contributed by atoms with Gasteiger partial charge in [-0.3, -0.25) is 0 Å². The van der Waals surface area contributed by atoms with Gasteiger partial charge in [-0.2, -0.15) is 0 Å². The zero-order valence-corrected chi connectivity index (χ0v) is 11.5. The van der Waals surface area contributed by atoms with Crippen molar-refractivity contribution in [1.29, 1.82) is 0 Å². The summed E-state index contributed by atoms with van der Waals surface area (Å²) < 4.78 is 0. The molecule has 1 aromatic carbocycles. The van der Waals surface area contributed by atoms with Gasteiger partial charge in [-0.25, -0.2) is 0 Å². The van der Waals surface area contributed by atoms with Crippen LogP contribution in [0.2, 0.25) is 0 Å². The van der Waals surface area contributed by atoms with E-state index in [1.807, 2.05) is 26.0 Å². The second-order valence-corrected chi connectivity index (χ2v) is 3.57. The van der Waals surface area contributed by atoms with Crippen molar-refractivity contribution in [1.82, 2.24) is 0 Å². The van der Waals surface area contributed by atoms with E-state index in [9.17, 15) is 0 Å². The number of rotatable bonds is 4. The number of hydrogen-bond donors (Lipinski definition) is 0. The minimum atomic E-state index is 0.992. The van der Waals surface area contributed by atoms with Crippen LogP contribution in [0.1, 0.15) is 38.3 Å². The highest BCUT2D eigenvalue weighted by Gasteiger charge is 1.88. The molecule has 0 unspecified atom stereocenters. The maximum Gasteiger partial charge on any atom is -0.00940 e. The normalized spacial score (nSPS) is 9.18. The van der Waals surface area contributed by atoms with Gasteiger partial charge in [-0.1, -0.05) is 62.8 Å². The van der Waals surface area contributed by atoms with Crippen LogP contribution >= 0.6 is 0 Å². The summed E-state index contributed by atoms with van der Waals surface area (Å²) in [5.41, 5.74) is 5.78. The fourth-order valence-electron chi connectivity index (χ4n) is 1.35. The third-order valence-electron chi connectivity index (χ3n) is 2.09. The molecule has 1 rings (SSSR count). The monoisotopic (exact) mass is 228 g/mol. The summed E-state index contributed by atoms with van der Waals surface area (Å²) in [5.74, 6) is 0. The van der Waals surface area contributed by atoms with Gasteiger partial charge >= 0.3 is 0 Å². The van der Waals surface area contributed by atoms with Gasteiger partial charge in [-0.05, 0) is 37.5 Å². The Labute approximate surface area is 106 Å². The Kier molecular flexibility index (Phi) is 10.00. The predicted octanol–water partition coefficient (Wildman–Crippen LogP) is 5.24. The minimum absolute atomic E-state index is 0.992. The molecule has 0 bridgehead atoms. The first kappa shape index (κ1) is 15.5. The first-order chi connectivity index (χ1) is 8.33. The molecule has 0 saturated heterocycles. The molecular weight excluding hydrogens is 204 g/mol. The summed E-state index contributed by atoms with van der Waals surface area (Å²) >= 11 is 0. The van der Waals surface area contributed by atoms with Crippen molar-refractivity contribution in [3.05, 3.63) is 65.4 Å². The lowest BCUT2D eigenvalue weighted by atomic mass is 10.1. The van der Waals surface area contributed by atoms with Gasteiger partial charge in [0.05, 0.1) is 0 Å². The molecule has 0 aromatic heterocycles. The Morgan fingerprint density at radius 1 is 1.24 bits per heavy atom. The molecule has 17 heavy (non-hydrogen) atoms. The summed E-state index contributed by atoms with van der Waals surface area (Å²) in [5, 5.41) is 0. The van der Waals surface area contributed by atoms with Gasteiger partial charge < -0.3 is 0 Å². The van der Waals surface area contributed by atoms with E-state index in [-0.39, 0.29) is 0 Å². The molecule has 1 aromatic rings.